The molecule has 0 saturated carbocycles. The maximum Gasteiger partial charge on any atom is 0.123 e. The summed E-state index contributed by atoms with van der Waals surface area (Å²) in [7, 11) is 0. The van der Waals surface area contributed by atoms with Crippen LogP contribution in [0.2, 0.25) is 0 Å². The zero-order chi connectivity index (χ0) is 13.9. The predicted octanol–water partition coefficient (Wildman–Crippen LogP) is 1.36. The number of hydrogen-bond donors (Lipinski definition) is 1. The maximum atomic E-state index is 8.96. The Morgan fingerprint density at radius 3 is 2.70 bits per heavy atom. The van der Waals surface area contributed by atoms with Crippen LogP contribution in [0.3, 0.4) is 0 Å². The Morgan fingerprint density at radius 1 is 1.20 bits per heavy atom. The zero-order valence-corrected chi connectivity index (χ0v) is 13.2. The van der Waals surface area contributed by atoms with E-state index in [9.17, 15) is 0 Å². The number of β-amino-alcohol motifs (C(OH)–C–C–N with tert-alkyl or cyclic N) is 1. The van der Waals surface area contributed by atoms with Crippen LogP contribution in [0.25, 0.3) is 0 Å². The highest BCUT2D eigenvalue weighted by atomic mass is 79.9. The summed E-state index contributed by atoms with van der Waals surface area (Å²) in [5.41, 5.74) is 1.31. The van der Waals surface area contributed by atoms with Crippen molar-refractivity contribution in [3.8, 4) is 5.75 Å². The zero-order valence-electron chi connectivity index (χ0n) is 11.6. The molecule has 0 amide bonds. The minimum atomic E-state index is 0.260. The van der Waals surface area contributed by atoms with E-state index in [4.69, 9.17) is 9.84 Å². The molecular weight excluding hydrogens is 320 g/mol. The molecule has 2 aliphatic heterocycles. The Kier molecular flexibility index (Phi) is 4.61. The number of aliphatic hydroxyl groups excluding tert-OH is 1. The van der Waals surface area contributed by atoms with Gasteiger partial charge in [-0.15, -0.1) is 0 Å². The van der Waals surface area contributed by atoms with E-state index in [1.54, 1.807) is 0 Å². The average molecular weight is 341 g/mol. The van der Waals surface area contributed by atoms with Gasteiger partial charge in [0, 0.05) is 50.2 Å². The monoisotopic (exact) mass is 340 g/mol. The molecule has 0 spiro atoms. The fourth-order valence-electron chi connectivity index (χ4n) is 3.02. The summed E-state index contributed by atoms with van der Waals surface area (Å²) in [5, 5.41) is 8.96. The van der Waals surface area contributed by atoms with Crippen LogP contribution in [-0.4, -0.2) is 66.9 Å². The molecule has 0 radical (unpaired) electrons. The standard InChI is InChI=1S/C15H21BrN2O2/c16-13-1-2-15-12(9-13)10-14(20-15)11-18-5-3-17(4-6-18)7-8-19/h1-2,9,14,19H,3-8,10-11H2. The van der Waals surface area contributed by atoms with Crippen molar-refractivity contribution in [1.82, 2.24) is 9.80 Å². The quantitative estimate of drug-likeness (QED) is 0.897. The van der Waals surface area contributed by atoms with Crippen LogP contribution >= 0.6 is 15.9 Å². The van der Waals surface area contributed by atoms with E-state index in [0.717, 1.165) is 55.9 Å². The molecule has 0 aliphatic carbocycles. The molecule has 4 nitrogen and oxygen atoms in total. The smallest absolute Gasteiger partial charge is 0.123 e. The molecule has 0 aromatic heterocycles. The van der Waals surface area contributed by atoms with E-state index in [1.165, 1.54) is 5.56 Å². The molecule has 1 saturated heterocycles. The van der Waals surface area contributed by atoms with E-state index in [1.807, 2.05) is 6.07 Å². The maximum absolute atomic E-state index is 8.96. The molecular formula is C15H21BrN2O2. The number of fused-ring (bicyclic) bond motifs is 1. The van der Waals surface area contributed by atoms with Crippen molar-refractivity contribution in [1.29, 1.82) is 0 Å². The first kappa shape index (κ1) is 14.3. The van der Waals surface area contributed by atoms with Crippen LogP contribution in [0.5, 0.6) is 5.75 Å². The molecule has 1 fully saturated rings. The third kappa shape index (κ3) is 3.34. The summed E-state index contributed by atoms with van der Waals surface area (Å²) < 4.78 is 7.15. The highest BCUT2D eigenvalue weighted by molar-refractivity contribution is 9.10. The summed E-state index contributed by atoms with van der Waals surface area (Å²) in [6, 6.07) is 6.25. The molecule has 110 valence electrons. The third-order valence-electron chi connectivity index (χ3n) is 4.11. The number of ether oxygens (including phenoxy) is 1. The fraction of sp³-hybridized carbons (Fsp3) is 0.600. The lowest BCUT2D eigenvalue weighted by Crippen LogP contribution is -2.49. The Labute approximate surface area is 128 Å². The summed E-state index contributed by atoms with van der Waals surface area (Å²) in [4.78, 5) is 4.79. The lowest BCUT2D eigenvalue weighted by Gasteiger charge is -2.35. The molecule has 2 aliphatic rings. The average Bonchev–Trinajstić information content (AvgIpc) is 2.82. The SMILES string of the molecule is OCCN1CCN(CC2Cc3cc(Br)ccc3O2)CC1. The number of nitrogens with zero attached hydrogens (tertiary/aromatic N) is 2. The van der Waals surface area contributed by atoms with Gasteiger partial charge in [-0.2, -0.15) is 0 Å². The van der Waals surface area contributed by atoms with Crippen molar-refractivity contribution in [3.05, 3.63) is 28.2 Å². The molecule has 1 N–H and O–H groups in total. The summed E-state index contributed by atoms with van der Waals surface area (Å²) in [5.74, 6) is 1.04. The molecule has 5 heteroatoms. The lowest BCUT2D eigenvalue weighted by molar-refractivity contribution is 0.0826. The molecule has 1 atom stereocenters. The normalized spacial score (nSPS) is 23.6. The van der Waals surface area contributed by atoms with Gasteiger partial charge in [0.05, 0.1) is 6.61 Å². The largest absolute Gasteiger partial charge is 0.488 e. The number of halogens is 1. The van der Waals surface area contributed by atoms with Gasteiger partial charge < -0.3 is 9.84 Å². The topological polar surface area (TPSA) is 35.9 Å². The van der Waals surface area contributed by atoms with Gasteiger partial charge in [-0.25, -0.2) is 0 Å². The van der Waals surface area contributed by atoms with Crippen molar-refractivity contribution < 1.29 is 9.84 Å². The number of benzene rings is 1. The van der Waals surface area contributed by atoms with E-state index in [2.05, 4.69) is 37.9 Å². The van der Waals surface area contributed by atoms with Crippen molar-refractivity contribution >= 4 is 15.9 Å². The van der Waals surface area contributed by atoms with Crippen molar-refractivity contribution in [3.63, 3.8) is 0 Å². The Balaban J connectivity index is 1.49. The first-order chi connectivity index (χ1) is 9.74. The van der Waals surface area contributed by atoms with Gasteiger partial charge in [-0.3, -0.25) is 9.80 Å². The van der Waals surface area contributed by atoms with E-state index in [0.29, 0.717) is 0 Å². The van der Waals surface area contributed by atoms with E-state index in [-0.39, 0.29) is 12.7 Å². The number of hydrogen-bond acceptors (Lipinski definition) is 4. The van der Waals surface area contributed by atoms with Gasteiger partial charge in [-0.1, -0.05) is 15.9 Å². The summed E-state index contributed by atoms with van der Waals surface area (Å²) in [6.07, 6.45) is 1.29. The van der Waals surface area contributed by atoms with Gasteiger partial charge >= 0.3 is 0 Å². The van der Waals surface area contributed by atoms with Crippen LogP contribution in [0.1, 0.15) is 5.56 Å². The number of rotatable bonds is 4. The van der Waals surface area contributed by atoms with Crippen LogP contribution in [0, 0.1) is 0 Å². The lowest BCUT2D eigenvalue weighted by atomic mass is 10.1. The summed E-state index contributed by atoms with van der Waals surface area (Å²) >= 11 is 3.51. The van der Waals surface area contributed by atoms with Crippen LogP contribution in [0.15, 0.2) is 22.7 Å². The Morgan fingerprint density at radius 2 is 1.95 bits per heavy atom. The second-order valence-electron chi connectivity index (χ2n) is 5.56. The molecule has 0 bridgehead atoms. The van der Waals surface area contributed by atoms with Gasteiger partial charge in [0.1, 0.15) is 11.9 Å². The second kappa shape index (κ2) is 6.43. The highest BCUT2D eigenvalue weighted by Gasteiger charge is 2.26. The first-order valence-corrected chi connectivity index (χ1v) is 8.04. The van der Waals surface area contributed by atoms with Crippen molar-refractivity contribution in [2.75, 3.05) is 45.9 Å². The van der Waals surface area contributed by atoms with E-state index < -0.39 is 0 Å². The number of piperazine rings is 1. The molecule has 1 unspecified atom stereocenters. The van der Waals surface area contributed by atoms with Crippen molar-refractivity contribution in [2.45, 2.75) is 12.5 Å². The fourth-order valence-corrected chi connectivity index (χ4v) is 3.42. The van der Waals surface area contributed by atoms with E-state index >= 15 is 0 Å². The molecule has 1 aromatic rings. The van der Waals surface area contributed by atoms with Crippen LogP contribution in [0.4, 0.5) is 0 Å². The Bertz CT molecular complexity index is 461. The minimum Gasteiger partial charge on any atom is -0.488 e. The van der Waals surface area contributed by atoms with Crippen molar-refractivity contribution in [2.24, 2.45) is 0 Å². The second-order valence-corrected chi connectivity index (χ2v) is 6.48. The molecule has 3 rings (SSSR count). The van der Waals surface area contributed by atoms with Crippen LogP contribution < -0.4 is 4.74 Å². The minimum absolute atomic E-state index is 0.260. The van der Waals surface area contributed by atoms with Gasteiger partial charge in [0.25, 0.3) is 0 Å². The molecule has 2 heterocycles. The number of aliphatic hydroxyl groups is 1. The van der Waals surface area contributed by atoms with Crippen LogP contribution in [-0.2, 0) is 6.42 Å². The first-order valence-electron chi connectivity index (χ1n) is 7.25. The van der Waals surface area contributed by atoms with Gasteiger partial charge in [0.15, 0.2) is 0 Å². The summed E-state index contributed by atoms with van der Waals surface area (Å²) in [6.45, 7) is 6.29. The molecule has 1 aromatic carbocycles. The highest BCUT2D eigenvalue weighted by Crippen LogP contribution is 2.31. The molecule has 20 heavy (non-hydrogen) atoms. The van der Waals surface area contributed by atoms with Gasteiger partial charge in [0.2, 0.25) is 0 Å². The van der Waals surface area contributed by atoms with Gasteiger partial charge in [-0.05, 0) is 23.8 Å². The third-order valence-corrected chi connectivity index (χ3v) is 4.60. The predicted molar refractivity (Wildman–Crippen MR) is 82.2 cm³/mol. The Hall–Kier alpha value is -0.620.